The van der Waals surface area contributed by atoms with Crippen LogP contribution >= 0.6 is 0 Å². The molecule has 1 aliphatic rings. The molecule has 1 unspecified atom stereocenters. The second-order valence-electron chi connectivity index (χ2n) is 7.37. The van der Waals surface area contributed by atoms with Crippen LogP contribution in [0.1, 0.15) is 36.3 Å². The van der Waals surface area contributed by atoms with Crippen molar-refractivity contribution in [1.29, 1.82) is 0 Å². The number of aromatic nitrogens is 2. The fourth-order valence-corrected chi connectivity index (χ4v) is 3.70. The lowest BCUT2D eigenvalue weighted by molar-refractivity contribution is -0.128. The van der Waals surface area contributed by atoms with Crippen molar-refractivity contribution in [2.45, 2.75) is 32.2 Å². The zero-order chi connectivity index (χ0) is 21.1. The largest absolute Gasteiger partial charge is 0.493 e. The second-order valence-corrected chi connectivity index (χ2v) is 7.37. The quantitative estimate of drug-likeness (QED) is 0.592. The van der Waals surface area contributed by atoms with Crippen LogP contribution in [0, 0.1) is 0 Å². The van der Waals surface area contributed by atoms with Gasteiger partial charge in [0.05, 0.1) is 20.1 Å². The number of hydrogen-bond donors (Lipinski definition) is 0. The van der Waals surface area contributed by atoms with Gasteiger partial charge in [-0.15, -0.1) is 0 Å². The molecule has 1 fully saturated rings. The van der Waals surface area contributed by atoms with E-state index in [2.05, 4.69) is 29.2 Å². The number of carbonyl (C=O) groups excluding carboxylic acids is 1. The lowest BCUT2D eigenvalue weighted by Crippen LogP contribution is -2.24. The number of hydrogen-bond acceptors (Lipinski definition) is 6. The van der Waals surface area contributed by atoms with Crippen molar-refractivity contribution >= 4 is 5.91 Å². The van der Waals surface area contributed by atoms with Gasteiger partial charge in [-0.1, -0.05) is 42.4 Å². The van der Waals surface area contributed by atoms with Gasteiger partial charge in [-0.25, -0.2) is 0 Å². The van der Waals surface area contributed by atoms with Gasteiger partial charge in [-0.05, 0) is 29.7 Å². The van der Waals surface area contributed by atoms with Crippen LogP contribution in [0.5, 0.6) is 11.5 Å². The molecule has 0 radical (unpaired) electrons. The summed E-state index contributed by atoms with van der Waals surface area (Å²) in [5.41, 5.74) is 3.15. The summed E-state index contributed by atoms with van der Waals surface area (Å²) >= 11 is 0. The Kier molecular flexibility index (Phi) is 5.70. The second kappa shape index (κ2) is 8.57. The Morgan fingerprint density at radius 1 is 1.07 bits per heavy atom. The van der Waals surface area contributed by atoms with E-state index in [4.69, 9.17) is 14.0 Å². The molecule has 7 nitrogen and oxygen atoms in total. The number of rotatable bonds is 7. The zero-order valence-corrected chi connectivity index (χ0v) is 17.4. The molecule has 3 aromatic rings. The zero-order valence-electron chi connectivity index (χ0n) is 17.4. The Morgan fingerprint density at radius 3 is 2.50 bits per heavy atom. The summed E-state index contributed by atoms with van der Waals surface area (Å²) in [4.78, 5) is 18.9. The van der Waals surface area contributed by atoms with E-state index in [0.29, 0.717) is 42.7 Å². The average molecular weight is 407 g/mol. The molecule has 156 valence electrons. The van der Waals surface area contributed by atoms with Crippen molar-refractivity contribution < 1.29 is 18.8 Å². The first kappa shape index (κ1) is 19.9. The van der Waals surface area contributed by atoms with E-state index < -0.39 is 0 Å². The van der Waals surface area contributed by atoms with Gasteiger partial charge in [0, 0.05) is 25.1 Å². The van der Waals surface area contributed by atoms with Crippen molar-refractivity contribution in [2.75, 3.05) is 20.8 Å². The summed E-state index contributed by atoms with van der Waals surface area (Å²) in [6.07, 6.45) is 1.35. The molecule has 1 atom stereocenters. The van der Waals surface area contributed by atoms with Crippen LogP contribution in [0.25, 0.3) is 11.4 Å². The molecule has 0 saturated carbocycles. The van der Waals surface area contributed by atoms with E-state index in [1.165, 1.54) is 5.56 Å². The molecule has 1 aromatic heterocycles. The van der Waals surface area contributed by atoms with Crippen LogP contribution in [0.15, 0.2) is 47.0 Å². The molecule has 0 aliphatic carbocycles. The summed E-state index contributed by atoms with van der Waals surface area (Å²) < 4.78 is 16.1. The van der Waals surface area contributed by atoms with Crippen molar-refractivity contribution in [2.24, 2.45) is 0 Å². The topological polar surface area (TPSA) is 77.7 Å². The van der Waals surface area contributed by atoms with E-state index in [-0.39, 0.29) is 11.8 Å². The number of carbonyl (C=O) groups is 1. The maximum absolute atomic E-state index is 12.6. The molecular weight excluding hydrogens is 382 g/mol. The highest BCUT2D eigenvalue weighted by Crippen LogP contribution is 2.32. The number of likely N-dealkylation sites (tertiary alicyclic amines) is 1. The highest BCUT2D eigenvalue weighted by atomic mass is 16.5. The molecule has 0 N–H and O–H groups in total. The third kappa shape index (κ3) is 4.01. The molecular formula is C23H25N3O4. The van der Waals surface area contributed by atoms with Crippen molar-refractivity contribution in [3.05, 3.63) is 59.5 Å². The monoisotopic (exact) mass is 407 g/mol. The number of methoxy groups -OCH3 is 2. The van der Waals surface area contributed by atoms with E-state index in [1.54, 1.807) is 14.2 Å². The van der Waals surface area contributed by atoms with Gasteiger partial charge in [0.1, 0.15) is 0 Å². The number of benzene rings is 2. The summed E-state index contributed by atoms with van der Waals surface area (Å²) in [6.45, 7) is 3.16. The summed E-state index contributed by atoms with van der Waals surface area (Å²) in [7, 11) is 3.20. The summed E-state index contributed by atoms with van der Waals surface area (Å²) in [6, 6.07) is 13.8. The predicted molar refractivity (Wildman–Crippen MR) is 111 cm³/mol. The SMILES string of the molecule is CCc1ccc(-c2noc(C3CC(=O)N(Cc4ccc(OC)c(OC)c4)C3)n2)cc1. The Morgan fingerprint density at radius 2 is 1.80 bits per heavy atom. The Bertz CT molecular complexity index is 1030. The Labute approximate surface area is 175 Å². The number of amides is 1. The first-order chi connectivity index (χ1) is 14.6. The third-order valence-electron chi connectivity index (χ3n) is 5.45. The number of aryl methyl sites for hydroxylation is 1. The van der Waals surface area contributed by atoms with Crippen LogP contribution < -0.4 is 9.47 Å². The van der Waals surface area contributed by atoms with Crippen LogP contribution in [0.3, 0.4) is 0 Å². The van der Waals surface area contributed by atoms with Gasteiger partial charge in [0.2, 0.25) is 17.6 Å². The molecule has 1 saturated heterocycles. The van der Waals surface area contributed by atoms with Crippen molar-refractivity contribution in [3.8, 4) is 22.9 Å². The average Bonchev–Trinajstić information content (AvgIpc) is 3.41. The van der Waals surface area contributed by atoms with Crippen LogP contribution in [-0.2, 0) is 17.8 Å². The summed E-state index contributed by atoms with van der Waals surface area (Å²) in [5, 5.41) is 4.12. The molecule has 0 bridgehead atoms. The minimum absolute atomic E-state index is 0.0711. The van der Waals surface area contributed by atoms with Gasteiger partial charge in [-0.3, -0.25) is 4.79 Å². The molecule has 2 aromatic carbocycles. The minimum Gasteiger partial charge on any atom is -0.493 e. The van der Waals surface area contributed by atoms with E-state index in [9.17, 15) is 4.79 Å². The minimum atomic E-state index is -0.103. The first-order valence-corrected chi connectivity index (χ1v) is 10.0. The van der Waals surface area contributed by atoms with Gasteiger partial charge in [0.15, 0.2) is 11.5 Å². The van der Waals surface area contributed by atoms with Gasteiger partial charge in [0.25, 0.3) is 0 Å². The molecule has 2 heterocycles. The van der Waals surface area contributed by atoms with E-state index in [0.717, 1.165) is 17.5 Å². The van der Waals surface area contributed by atoms with E-state index in [1.807, 2.05) is 35.2 Å². The molecule has 7 heteroatoms. The highest BCUT2D eigenvalue weighted by Gasteiger charge is 2.34. The van der Waals surface area contributed by atoms with E-state index >= 15 is 0 Å². The van der Waals surface area contributed by atoms with Gasteiger partial charge >= 0.3 is 0 Å². The number of ether oxygens (including phenoxy) is 2. The molecule has 1 amide bonds. The standard InChI is InChI=1S/C23H25N3O4/c1-4-15-5-8-17(9-6-15)22-24-23(30-25-22)18-12-21(27)26(14-18)13-16-7-10-19(28-2)20(11-16)29-3/h5-11,18H,4,12-14H2,1-3H3. The highest BCUT2D eigenvalue weighted by molar-refractivity contribution is 5.79. The lowest BCUT2D eigenvalue weighted by atomic mass is 10.1. The van der Waals surface area contributed by atoms with Crippen LogP contribution in [-0.4, -0.2) is 41.7 Å². The number of nitrogens with zero attached hydrogens (tertiary/aromatic N) is 3. The molecule has 0 spiro atoms. The normalized spacial score (nSPS) is 16.2. The Balaban J connectivity index is 1.45. The molecule has 1 aliphatic heterocycles. The first-order valence-electron chi connectivity index (χ1n) is 10.0. The Hall–Kier alpha value is -3.35. The van der Waals surface area contributed by atoms with Crippen LogP contribution in [0.2, 0.25) is 0 Å². The lowest BCUT2D eigenvalue weighted by Gasteiger charge is -2.17. The van der Waals surface area contributed by atoms with Crippen LogP contribution in [0.4, 0.5) is 0 Å². The maximum atomic E-state index is 12.6. The van der Waals surface area contributed by atoms with Crippen molar-refractivity contribution in [3.63, 3.8) is 0 Å². The predicted octanol–water partition coefficient (Wildman–Crippen LogP) is 3.83. The van der Waals surface area contributed by atoms with Gasteiger partial charge in [-0.2, -0.15) is 4.98 Å². The fraction of sp³-hybridized carbons (Fsp3) is 0.348. The molecule has 30 heavy (non-hydrogen) atoms. The fourth-order valence-electron chi connectivity index (χ4n) is 3.70. The summed E-state index contributed by atoms with van der Waals surface area (Å²) in [5.74, 6) is 2.34. The third-order valence-corrected chi connectivity index (χ3v) is 5.45. The smallest absolute Gasteiger partial charge is 0.232 e. The molecule has 4 rings (SSSR count). The van der Waals surface area contributed by atoms with Crippen molar-refractivity contribution in [1.82, 2.24) is 15.0 Å². The van der Waals surface area contributed by atoms with Gasteiger partial charge < -0.3 is 18.9 Å². The maximum Gasteiger partial charge on any atom is 0.232 e.